The van der Waals surface area contributed by atoms with Gasteiger partial charge in [0.25, 0.3) is 0 Å². The molecule has 1 heterocycles. The lowest BCUT2D eigenvalue weighted by Gasteiger charge is -2.23. The Kier molecular flexibility index (Phi) is 5.63. The second-order valence-electron chi connectivity index (χ2n) is 7.64. The van der Waals surface area contributed by atoms with E-state index in [0.717, 1.165) is 22.3 Å². The van der Waals surface area contributed by atoms with Crippen LogP contribution in [0.2, 0.25) is 0 Å². The molecule has 0 bridgehead atoms. The number of hydrogen-bond donors (Lipinski definition) is 2. The summed E-state index contributed by atoms with van der Waals surface area (Å²) in [5.41, 5.74) is 3.51. The minimum atomic E-state index is -0.598. The Labute approximate surface area is 160 Å². The number of aliphatic hydroxyl groups excluding tert-OH is 1. The maximum atomic E-state index is 10.2. The average molecular weight is 365 g/mol. The lowest BCUT2D eigenvalue weighted by Crippen LogP contribution is -2.42. The van der Waals surface area contributed by atoms with E-state index in [0.29, 0.717) is 12.3 Å². The van der Waals surface area contributed by atoms with Gasteiger partial charge in [0, 0.05) is 17.6 Å². The van der Waals surface area contributed by atoms with E-state index in [-0.39, 0.29) is 12.1 Å². The highest BCUT2D eigenvalue weighted by Crippen LogP contribution is 2.28. The van der Waals surface area contributed by atoms with Crippen molar-refractivity contribution in [1.82, 2.24) is 14.9 Å². The number of benzene rings is 2. The highest BCUT2D eigenvalue weighted by atomic mass is 16.5. The third-order valence-corrected chi connectivity index (χ3v) is 4.24. The molecule has 27 heavy (non-hydrogen) atoms. The van der Waals surface area contributed by atoms with E-state index in [2.05, 4.69) is 37.7 Å². The zero-order valence-corrected chi connectivity index (χ0v) is 16.1. The van der Waals surface area contributed by atoms with Gasteiger partial charge in [0.2, 0.25) is 0 Å². The van der Waals surface area contributed by atoms with Crippen molar-refractivity contribution in [2.75, 3.05) is 13.2 Å². The van der Waals surface area contributed by atoms with Gasteiger partial charge in [-0.2, -0.15) is 0 Å². The first kappa shape index (κ1) is 19.1. The van der Waals surface area contributed by atoms with Gasteiger partial charge < -0.3 is 15.2 Å². The van der Waals surface area contributed by atoms with Crippen molar-refractivity contribution in [2.24, 2.45) is 0 Å². The largest absolute Gasteiger partial charge is 0.490 e. The molecule has 0 aliphatic heterocycles. The molecular weight excluding hydrogens is 338 g/mol. The zero-order chi connectivity index (χ0) is 19.4. The predicted molar refractivity (Wildman–Crippen MR) is 110 cm³/mol. The van der Waals surface area contributed by atoms with Crippen LogP contribution >= 0.6 is 0 Å². The minimum absolute atomic E-state index is 0.0460. The second kappa shape index (κ2) is 7.94. The van der Waals surface area contributed by atoms with E-state index < -0.39 is 6.10 Å². The molecule has 5 nitrogen and oxygen atoms in total. The number of ether oxygens (including phenoxy) is 1. The Morgan fingerprint density at radius 2 is 1.89 bits per heavy atom. The number of nitrogens with zero attached hydrogens (tertiary/aromatic N) is 2. The number of hydrogen-bond acceptors (Lipinski definition) is 4. The number of aromatic nitrogens is 2. The van der Waals surface area contributed by atoms with Gasteiger partial charge in [0.05, 0.1) is 16.7 Å². The topological polar surface area (TPSA) is 59.3 Å². The lowest BCUT2D eigenvalue weighted by atomic mass is 10.1. The van der Waals surface area contributed by atoms with Crippen LogP contribution in [0.1, 0.15) is 26.3 Å². The summed E-state index contributed by atoms with van der Waals surface area (Å²) in [7, 11) is 0. The zero-order valence-electron chi connectivity index (χ0n) is 16.1. The summed E-state index contributed by atoms with van der Waals surface area (Å²) in [6.45, 7) is 11.1. The van der Waals surface area contributed by atoms with Crippen LogP contribution in [0.3, 0.4) is 0 Å². The number of β-amino-alcohol motifs (C(OH)–C–C–N with tert-alkyl or cyclic N) is 1. The fraction of sp³-hybridized carbons (Fsp3) is 0.318. The molecule has 3 aromatic rings. The predicted octanol–water partition coefficient (Wildman–Crippen LogP) is 3.68. The Hall–Kier alpha value is -2.63. The number of imidazole rings is 1. The van der Waals surface area contributed by atoms with Crippen molar-refractivity contribution in [3.05, 3.63) is 67.0 Å². The summed E-state index contributed by atoms with van der Waals surface area (Å²) < 4.78 is 7.86. The molecule has 3 rings (SSSR count). The standard InChI is InChI=1S/C22H27N3O2/c1-16(25-15-23-19-10-6-7-11-20(19)25)18-9-5-8-12-21(18)27-14-17(26)13-24-22(2,3)4/h5-12,15,17,24,26H,1,13-14H2,2-4H3. The van der Waals surface area contributed by atoms with Gasteiger partial charge in [-0.05, 0) is 45.0 Å². The fourth-order valence-electron chi connectivity index (χ4n) is 2.80. The highest BCUT2D eigenvalue weighted by Gasteiger charge is 2.15. The summed E-state index contributed by atoms with van der Waals surface area (Å²) in [5.74, 6) is 0.690. The average Bonchev–Trinajstić information content (AvgIpc) is 3.08. The summed E-state index contributed by atoms with van der Waals surface area (Å²) in [6, 6.07) is 15.7. The Bertz CT molecular complexity index is 924. The molecule has 142 valence electrons. The van der Waals surface area contributed by atoms with Crippen LogP contribution in [0.25, 0.3) is 16.7 Å². The van der Waals surface area contributed by atoms with Gasteiger partial charge in [-0.15, -0.1) is 0 Å². The molecule has 0 aliphatic carbocycles. The van der Waals surface area contributed by atoms with Crippen molar-refractivity contribution < 1.29 is 9.84 Å². The normalized spacial score (nSPS) is 12.9. The molecule has 1 aromatic heterocycles. The molecule has 0 amide bonds. The van der Waals surface area contributed by atoms with Crippen molar-refractivity contribution in [1.29, 1.82) is 0 Å². The summed E-state index contributed by atoms with van der Waals surface area (Å²) in [4.78, 5) is 4.43. The van der Waals surface area contributed by atoms with Gasteiger partial charge in [-0.1, -0.05) is 30.8 Å². The lowest BCUT2D eigenvalue weighted by molar-refractivity contribution is 0.0999. The van der Waals surface area contributed by atoms with E-state index >= 15 is 0 Å². The van der Waals surface area contributed by atoms with Gasteiger partial charge in [-0.3, -0.25) is 4.57 Å². The van der Waals surface area contributed by atoms with E-state index in [4.69, 9.17) is 4.74 Å². The molecule has 2 N–H and O–H groups in total. The smallest absolute Gasteiger partial charge is 0.128 e. The minimum Gasteiger partial charge on any atom is -0.490 e. The van der Waals surface area contributed by atoms with Crippen LogP contribution in [0.5, 0.6) is 5.75 Å². The monoisotopic (exact) mass is 365 g/mol. The quantitative estimate of drug-likeness (QED) is 0.670. The van der Waals surface area contributed by atoms with Crippen molar-refractivity contribution >= 4 is 16.7 Å². The van der Waals surface area contributed by atoms with E-state index in [1.807, 2.05) is 53.1 Å². The van der Waals surface area contributed by atoms with E-state index in [9.17, 15) is 5.11 Å². The first-order valence-electron chi connectivity index (χ1n) is 9.12. The van der Waals surface area contributed by atoms with Crippen LogP contribution in [0, 0.1) is 0 Å². The Morgan fingerprint density at radius 3 is 2.67 bits per heavy atom. The van der Waals surface area contributed by atoms with E-state index in [1.54, 1.807) is 6.33 Å². The molecule has 5 heteroatoms. The van der Waals surface area contributed by atoms with Crippen LogP contribution < -0.4 is 10.1 Å². The number of fused-ring (bicyclic) bond motifs is 1. The molecule has 0 saturated carbocycles. The molecular formula is C22H27N3O2. The summed E-state index contributed by atoms with van der Waals surface area (Å²) in [6.07, 6.45) is 1.17. The van der Waals surface area contributed by atoms with Crippen LogP contribution in [0.15, 0.2) is 61.4 Å². The summed E-state index contributed by atoms with van der Waals surface area (Å²) >= 11 is 0. The Balaban J connectivity index is 1.75. The van der Waals surface area contributed by atoms with Gasteiger partial charge in [0.1, 0.15) is 24.8 Å². The SMILES string of the molecule is C=C(c1ccccc1OCC(O)CNC(C)(C)C)n1cnc2ccccc21. The molecule has 2 aromatic carbocycles. The van der Waals surface area contributed by atoms with Gasteiger partial charge in [0.15, 0.2) is 0 Å². The number of aliphatic hydroxyl groups is 1. The first-order chi connectivity index (χ1) is 12.8. The number of nitrogens with one attached hydrogen (secondary N) is 1. The third kappa shape index (κ3) is 4.76. The molecule has 0 fully saturated rings. The van der Waals surface area contributed by atoms with Crippen LogP contribution in [0.4, 0.5) is 0 Å². The van der Waals surface area contributed by atoms with E-state index in [1.165, 1.54) is 0 Å². The maximum Gasteiger partial charge on any atom is 0.128 e. The van der Waals surface area contributed by atoms with Crippen LogP contribution in [-0.2, 0) is 0 Å². The van der Waals surface area contributed by atoms with Crippen molar-refractivity contribution in [3.63, 3.8) is 0 Å². The molecule has 1 atom stereocenters. The molecule has 0 aliphatic rings. The Morgan fingerprint density at radius 1 is 1.19 bits per heavy atom. The second-order valence-corrected chi connectivity index (χ2v) is 7.64. The highest BCUT2D eigenvalue weighted by molar-refractivity contribution is 5.82. The molecule has 1 unspecified atom stereocenters. The molecule has 0 saturated heterocycles. The molecule has 0 spiro atoms. The third-order valence-electron chi connectivity index (χ3n) is 4.24. The molecule has 0 radical (unpaired) electrons. The van der Waals surface area contributed by atoms with Crippen molar-refractivity contribution in [3.8, 4) is 5.75 Å². The fourth-order valence-corrected chi connectivity index (χ4v) is 2.80. The van der Waals surface area contributed by atoms with Gasteiger partial charge in [-0.25, -0.2) is 4.98 Å². The number of para-hydroxylation sites is 3. The van der Waals surface area contributed by atoms with Gasteiger partial charge >= 0.3 is 0 Å². The number of rotatable bonds is 7. The van der Waals surface area contributed by atoms with Crippen molar-refractivity contribution in [2.45, 2.75) is 32.4 Å². The maximum absolute atomic E-state index is 10.2. The summed E-state index contributed by atoms with van der Waals surface area (Å²) in [5, 5.41) is 13.5. The van der Waals surface area contributed by atoms with Crippen LogP contribution in [-0.4, -0.2) is 39.5 Å². The first-order valence-corrected chi connectivity index (χ1v) is 9.12.